The number of rotatable bonds is 3. The standard InChI is InChI=1S/C12H15NO4S/c1-2-18(15,16)11-6-4-3-5-10(11)13-7-8-17-9-12(13)14/h3-6H,2,7-9H2,1H3. The number of nitrogens with zero attached hydrogens (tertiary/aromatic N) is 1. The molecule has 0 unspecified atom stereocenters. The fraction of sp³-hybridized carbons (Fsp3) is 0.417. The monoisotopic (exact) mass is 269 g/mol. The topological polar surface area (TPSA) is 63.7 Å². The maximum absolute atomic E-state index is 12.0. The predicted molar refractivity (Wildman–Crippen MR) is 67.3 cm³/mol. The van der Waals surface area contributed by atoms with Crippen molar-refractivity contribution in [2.24, 2.45) is 0 Å². The van der Waals surface area contributed by atoms with E-state index in [9.17, 15) is 13.2 Å². The average Bonchev–Trinajstić information content (AvgIpc) is 2.39. The fourth-order valence-electron chi connectivity index (χ4n) is 1.87. The van der Waals surface area contributed by atoms with Gasteiger partial charge in [-0.3, -0.25) is 4.79 Å². The number of hydrogen-bond donors (Lipinski definition) is 0. The number of para-hydroxylation sites is 1. The van der Waals surface area contributed by atoms with Gasteiger partial charge >= 0.3 is 0 Å². The average molecular weight is 269 g/mol. The molecule has 0 aliphatic carbocycles. The van der Waals surface area contributed by atoms with Gasteiger partial charge in [0, 0.05) is 6.54 Å². The molecule has 1 aromatic rings. The van der Waals surface area contributed by atoms with Crippen molar-refractivity contribution in [3.8, 4) is 0 Å². The number of amides is 1. The molecule has 2 rings (SSSR count). The molecule has 0 N–H and O–H groups in total. The van der Waals surface area contributed by atoms with Crippen LogP contribution in [0.1, 0.15) is 6.92 Å². The summed E-state index contributed by atoms with van der Waals surface area (Å²) < 4.78 is 29.0. The second kappa shape index (κ2) is 5.07. The van der Waals surface area contributed by atoms with Crippen LogP contribution in [0.5, 0.6) is 0 Å². The summed E-state index contributed by atoms with van der Waals surface area (Å²) in [6.07, 6.45) is 0. The van der Waals surface area contributed by atoms with Crippen molar-refractivity contribution < 1.29 is 17.9 Å². The van der Waals surface area contributed by atoms with Crippen LogP contribution in [-0.4, -0.2) is 39.8 Å². The van der Waals surface area contributed by atoms with Crippen molar-refractivity contribution in [1.82, 2.24) is 0 Å². The van der Waals surface area contributed by atoms with Gasteiger partial charge in [-0.05, 0) is 12.1 Å². The van der Waals surface area contributed by atoms with Crippen molar-refractivity contribution in [2.75, 3.05) is 30.4 Å². The largest absolute Gasteiger partial charge is 0.370 e. The lowest BCUT2D eigenvalue weighted by Gasteiger charge is -2.28. The number of ether oxygens (including phenoxy) is 1. The Hall–Kier alpha value is -1.40. The van der Waals surface area contributed by atoms with Gasteiger partial charge in [0.15, 0.2) is 9.84 Å². The molecular weight excluding hydrogens is 254 g/mol. The van der Waals surface area contributed by atoms with Crippen LogP contribution in [0.4, 0.5) is 5.69 Å². The minimum Gasteiger partial charge on any atom is -0.370 e. The summed E-state index contributed by atoms with van der Waals surface area (Å²) in [5.41, 5.74) is 0.452. The van der Waals surface area contributed by atoms with Crippen LogP contribution in [0.3, 0.4) is 0 Å². The van der Waals surface area contributed by atoms with Crippen LogP contribution in [0, 0.1) is 0 Å². The van der Waals surface area contributed by atoms with Crippen LogP contribution in [0.2, 0.25) is 0 Å². The van der Waals surface area contributed by atoms with Crippen molar-refractivity contribution in [3.63, 3.8) is 0 Å². The van der Waals surface area contributed by atoms with Gasteiger partial charge in [-0.2, -0.15) is 0 Å². The Kier molecular flexibility index (Phi) is 3.68. The molecule has 0 saturated carbocycles. The van der Waals surface area contributed by atoms with Gasteiger partial charge < -0.3 is 9.64 Å². The first kappa shape index (κ1) is 13.0. The zero-order valence-corrected chi connectivity index (χ0v) is 10.9. The highest BCUT2D eigenvalue weighted by Gasteiger charge is 2.26. The van der Waals surface area contributed by atoms with E-state index in [4.69, 9.17) is 4.74 Å². The minimum absolute atomic E-state index is 0.000503. The molecule has 1 aromatic carbocycles. The Labute approximate surface area is 106 Å². The molecule has 1 saturated heterocycles. The van der Waals surface area contributed by atoms with E-state index in [1.807, 2.05) is 0 Å². The maximum Gasteiger partial charge on any atom is 0.253 e. The summed E-state index contributed by atoms with van der Waals surface area (Å²) in [7, 11) is -3.34. The number of sulfone groups is 1. The molecule has 1 heterocycles. The summed E-state index contributed by atoms with van der Waals surface area (Å²) in [5, 5.41) is 0. The Morgan fingerprint density at radius 2 is 2.06 bits per heavy atom. The van der Waals surface area contributed by atoms with E-state index in [0.717, 1.165) is 0 Å². The molecule has 1 fully saturated rings. The molecule has 0 radical (unpaired) electrons. The Morgan fingerprint density at radius 1 is 1.33 bits per heavy atom. The van der Waals surface area contributed by atoms with E-state index in [-0.39, 0.29) is 23.2 Å². The highest BCUT2D eigenvalue weighted by atomic mass is 32.2. The first-order valence-electron chi connectivity index (χ1n) is 5.76. The third kappa shape index (κ3) is 2.39. The first-order valence-corrected chi connectivity index (χ1v) is 7.41. The number of anilines is 1. The molecule has 0 bridgehead atoms. The van der Waals surface area contributed by atoms with E-state index in [1.165, 1.54) is 11.0 Å². The third-order valence-electron chi connectivity index (χ3n) is 2.86. The Bertz CT molecular complexity index is 553. The van der Waals surface area contributed by atoms with Crippen molar-refractivity contribution in [2.45, 2.75) is 11.8 Å². The Balaban J connectivity index is 2.48. The summed E-state index contributed by atoms with van der Waals surface area (Å²) >= 11 is 0. The van der Waals surface area contributed by atoms with Gasteiger partial charge in [0.25, 0.3) is 5.91 Å². The highest BCUT2D eigenvalue weighted by molar-refractivity contribution is 7.91. The number of benzene rings is 1. The zero-order chi connectivity index (χ0) is 13.2. The lowest BCUT2D eigenvalue weighted by molar-refractivity contribution is -0.125. The van der Waals surface area contributed by atoms with Gasteiger partial charge in [-0.1, -0.05) is 19.1 Å². The van der Waals surface area contributed by atoms with E-state index in [2.05, 4.69) is 0 Å². The number of hydrogen-bond acceptors (Lipinski definition) is 4. The van der Waals surface area contributed by atoms with E-state index in [1.54, 1.807) is 25.1 Å². The van der Waals surface area contributed by atoms with Crippen LogP contribution in [0.25, 0.3) is 0 Å². The van der Waals surface area contributed by atoms with Crippen LogP contribution < -0.4 is 4.90 Å². The van der Waals surface area contributed by atoms with E-state index in [0.29, 0.717) is 18.8 Å². The quantitative estimate of drug-likeness (QED) is 0.816. The van der Waals surface area contributed by atoms with Gasteiger partial charge in [0.05, 0.1) is 22.9 Å². The molecule has 1 aliphatic heterocycles. The molecule has 18 heavy (non-hydrogen) atoms. The second-order valence-electron chi connectivity index (χ2n) is 3.97. The number of morpholine rings is 1. The van der Waals surface area contributed by atoms with Crippen molar-refractivity contribution in [3.05, 3.63) is 24.3 Å². The molecule has 0 aromatic heterocycles. The van der Waals surface area contributed by atoms with Crippen LogP contribution in [0.15, 0.2) is 29.2 Å². The normalized spacial score (nSPS) is 16.9. The van der Waals surface area contributed by atoms with Gasteiger partial charge in [0.1, 0.15) is 6.61 Å². The summed E-state index contributed by atoms with van der Waals surface area (Å²) in [4.78, 5) is 13.5. The molecule has 98 valence electrons. The van der Waals surface area contributed by atoms with Gasteiger partial charge in [0.2, 0.25) is 0 Å². The molecule has 1 amide bonds. The van der Waals surface area contributed by atoms with Crippen molar-refractivity contribution in [1.29, 1.82) is 0 Å². The summed E-state index contributed by atoms with van der Waals surface area (Å²) in [6.45, 7) is 2.40. The molecule has 6 heteroatoms. The van der Waals surface area contributed by atoms with Gasteiger partial charge in [-0.15, -0.1) is 0 Å². The first-order chi connectivity index (χ1) is 8.56. The molecule has 0 atom stereocenters. The lowest BCUT2D eigenvalue weighted by Crippen LogP contribution is -2.42. The Morgan fingerprint density at radius 3 is 2.72 bits per heavy atom. The highest BCUT2D eigenvalue weighted by Crippen LogP contribution is 2.26. The number of carbonyl (C=O) groups is 1. The summed E-state index contributed by atoms with van der Waals surface area (Å²) in [5.74, 6) is -0.192. The smallest absolute Gasteiger partial charge is 0.253 e. The zero-order valence-electron chi connectivity index (χ0n) is 10.1. The lowest BCUT2D eigenvalue weighted by atomic mass is 10.2. The molecule has 5 nitrogen and oxygen atoms in total. The maximum atomic E-state index is 12.0. The van der Waals surface area contributed by atoms with Crippen LogP contribution in [-0.2, 0) is 19.4 Å². The SMILES string of the molecule is CCS(=O)(=O)c1ccccc1N1CCOCC1=O. The third-order valence-corrected chi connectivity index (χ3v) is 4.63. The second-order valence-corrected chi connectivity index (χ2v) is 6.22. The molecule has 0 spiro atoms. The fourth-order valence-corrected chi connectivity index (χ4v) is 2.97. The van der Waals surface area contributed by atoms with Gasteiger partial charge in [-0.25, -0.2) is 8.42 Å². The van der Waals surface area contributed by atoms with Crippen molar-refractivity contribution >= 4 is 21.4 Å². The minimum atomic E-state index is -3.34. The van der Waals surface area contributed by atoms with E-state index < -0.39 is 9.84 Å². The number of carbonyl (C=O) groups excluding carboxylic acids is 1. The van der Waals surface area contributed by atoms with Crippen LogP contribution >= 0.6 is 0 Å². The predicted octanol–water partition coefficient (Wildman–Crippen LogP) is 0.843. The molecule has 1 aliphatic rings. The summed E-state index contributed by atoms with van der Waals surface area (Å²) in [6, 6.07) is 6.59. The van der Waals surface area contributed by atoms with E-state index >= 15 is 0 Å². The molecular formula is C12H15NO4S.